The third-order valence-electron chi connectivity index (χ3n) is 5.83. The maximum absolute atomic E-state index is 13.0. The van der Waals surface area contributed by atoms with Crippen LogP contribution in [0.15, 0.2) is 78.2 Å². The van der Waals surface area contributed by atoms with Crippen LogP contribution < -0.4 is 5.32 Å². The van der Waals surface area contributed by atoms with E-state index in [4.69, 9.17) is 4.98 Å². The molecule has 2 aromatic carbocycles. The molecule has 3 heterocycles. The molecule has 5 nitrogen and oxygen atoms in total. The topological polar surface area (TPSA) is 62.3 Å². The van der Waals surface area contributed by atoms with Crippen LogP contribution in [0.4, 0.5) is 5.13 Å². The number of anilines is 1. The molecule has 1 fully saturated rings. The highest BCUT2D eigenvalue weighted by Gasteiger charge is 2.29. The van der Waals surface area contributed by atoms with Gasteiger partial charge in [0.15, 0.2) is 5.13 Å². The molecule has 0 radical (unpaired) electrons. The van der Waals surface area contributed by atoms with Crippen molar-refractivity contribution >= 4 is 39.6 Å². The van der Waals surface area contributed by atoms with Crippen LogP contribution in [0, 0.1) is 5.92 Å². The number of piperidine rings is 1. The second-order valence-electron chi connectivity index (χ2n) is 7.96. The molecule has 4 aromatic rings. The first-order chi connectivity index (χ1) is 16.2. The number of nitrogens with one attached hydrogen (secondary N) is 1. The lowest BCUT2D eigenvalue weighted by Crippen LogP contribution is -2.41. The number of carbonyl (C=O) groups is 2. The van der Waals surface area contributed by atoms with Gasteiger partial charge in [-0.05, 0) is 29.9 Å². The zero-order chi connectivity index (χ0) is 22.6. The van der Waals surface area contributed by atoms with Gasteiger partial charge in [0.1, 0.15) is 0 Å². The number of amides is 2. The number of hydrogen-bond acceptors (Lipinski definition) is 5. The van der Waals surface area contributed by atoms with E-state index >= 15 is 0 Å². The highest BCUT2D eigenvalue weighted by atomic mass is 32.1. The van der Waals surface area contributed by atoms with E-state index in [1.807, 2.05) is 70.9 Å². The van der Waals surface area contributed by atoms with Gasteiger partial charge < -0.3 is 10.2 Å². The summed E-state index contributed by atoms with van der Waals surface area (Å²) in [7, 11) is 0. The number of carbonyl (C=O) groups excluding carboxylic acids is 2. The summed E-state index contributed by atoms with van der Waals surface area (Å²) >= 11 is 2.95. The zero-order valence-corrected chi connectivity index (χ0v) is 19.6. The molecule has 166 valence electrons. The van der Waals surface area contributed by atoms with Crippen LogP contribution in [-0.2, 0) is 4.79 Å². The normalized spacial score (nSPS) is 14.2. The Morgan fingerprint density at radius 3 is 2.18 bits per heavy atom. The van der Waals surface area contributed by atoms with Crippen molar-refractivity contribution in [2.45, 2.75) is 12.8 Å². The van der Waals surface area contributed by atoms with Crippen molar-refractivity contribution in [1.82, 2.24) is 9.88 Å². The van der Waals surface area contributed by atoms with Gasteiger partial charge in [0.25, 0.3) is 5.91 Å². The van der Waals surface area contributed by atoms with Gasteiger partial charge in [0, 0.05) is 24.6 Å². The summed E-state index contributed by atoms with van der Waals surface area (Å²) in [6, 6.07) is 23.9. The molecule has 0 saturated carbocycles. The second-order valence-corrected chi connectivity index (χ2v) is 9.91. The van der Waals surface area contributed by atoms with E-state index in [0.29, 0.717) is 31.1 Å². The maximum Gasteiger partial charge on any atom is 0.263 e. The number of hydrogen-bond donors (Lipinski definition) is 1. The summed E-state index contributed by atoms with van der Waals surface area (Å²) in [5, 5.41) is 5.57. The first kappa shape index (κ1) is 21.6. The van der Waals surface area contributed by atoms with Crippen molar-refractivity contribution in [2.24, 2.45) is 5.92 Å². The van der Waals surface area contributed by atoms with Crippen molar-refractivity contribution in [3.05, 3.63) is 83.1 Å². The lowest BCUT2D eigenvalue weighted by atomic mass is 9.96. The van der Waals surface area contributed by atoms with Crippen LogP contribution in [0.25, 0.3) is 21.7 Å². The van der Waals surface area contributed by atoms with Gasteiger partial charge in [-0.25, -0.2) is 4.98 Å². The molecule has 1 N–H and O–H groups in total. The Kier molecular flexibility index (Phi) is 6.32. The average molecular weight is 474 g/mol. The largest absolute Gasteiger partial charge is 0.338 e. The van der Waals surface area contributed by atoms with E-state index in [1.54, 1.807) is 0 Å². The number of thiazole rings is 1. The quantitative estimate of drug-likeness (QED) is 0.385. The maximum atomic E-state index is 13.0. The molecule has 1 saturated heterocycles. The fraction of sp³-hybridized carbons (Fsp3) is 0.192. The molecule has 2 aromatic heterocycles. The highest BCUT2D eigenvalue weighted by Crippen LogP contribution is 2.39. The van der Waals surface area contributed by atoms with Crippen molar-refractivity contribution < 1.29 is 9.59 Å². The Bertz CT molecular complexity index is 1170. The van der Waals surface area contributed by atoms with E-state index in [1.165, 1.54) is 22.7 Å². The molecule has 0 unspecified atom stereocenters. The third-order valence-corrected chi connectivity index (χ3v) is 7.70. The standard InChI is InChI=1S/C26H23N3O2S2/c30-24(20-13-15-29(16-14-20)25(31)21-12-7-17-32-21)28-26-27-22(18-8-3-1-4-9-18)23(33-26)19-10-5-2-6-11-19/h1-12,17,20H,13-16H2,(H,27,28,30). The smallest absolute Gasteiger partial charge is 0.263 e. The fourth-order valence-electron chi connectivity index (χ4n) is 4.06. The molecule has 33 heavy (non-hydrogen) atoms. The van der Waals surface area contributed by atoms with Crippen LogP contribution in [0.1, 0.15) is 22.5 Å². The van der Waals surface area contributed by atoms with Crippen LogP contribution >= 0.6 is 22.7 Å². The molecule has 5 rings (SSSR count). The Morgan fingerprint density at radius 2 is 1.55 bits per heavy atom. The number of nitrogens with zero attached hydrogens (tertiary/aromatic N) is 2. The predicted octanol–water partition coefficient (Wildman–Crippen LogP) is 6.03. The summed E-state index contributed by atoms with van der Waals surface area (Å²) < 4.78 is 0. The predicted molar refractivity (Wildman–Crippen MR) is 135 cm³/mol. The molecule has 0 atom stereocenters. The van der Waals surface area contributed by atoms with Gasteiger partial charge >= 0.3 is 0 Å². The number of aromatic nitrogens is 1. The lowest BCUT2D eigenvalue weighted by molar-refractivity contribution is -0.121. The Balaban J connectivity index is 1.30. The van der Waals surface area contributed by atoms with Gasteiger partial charge in [-0.15, -0.1) is 11.3 Å². The van der Waals surface area contributed by atoms with Crippen LogP contribution in [0.5, 0.6) is 0 Å². The van der Waals surface area contributed by atoms with Crippen LogP contribution in [-0.4, -0.2) is 34.8 Å². The summed E-state index contributed by atoms with van der Waals surface area (Å²) in [4.78, 5) is 34.0. The minimum absolute atomic E-state index is 0.0220. The van der Waals surface area contributed by atoms with Crippen molar-refractivity contribution in [3.63, 3.8) is 0 Å². The third kappa shape index (κ3) is 4.74. The molecule has 2 amide bonds. The molecule has 0 aliphatic carbocycles. The van der Waals surface area contributed by atoms with Gasteiger partial charge in [0.2, 0.25) is 5.91 Å². The molecular weight excluding hydrogens is 450 g/mol. The first-order valence-corrected chi connectivity index (χ1v) is 12.6. The molecule has 1 aliphatic rings. The van der Waals surface area contributed by atoms with Crippen molar-refractivity contribution in [1.29, 1.82) is 0 Å². The summed E-state index contributed by atoms with van der Waals surface area (Å²) in [6.07, 6.45) is 1.32. The molecular formula is C26H23N3O2S2. The molecule has 7 heteroatoms. The fourth-order valence-corrected chi connectivity index (χ4v) is 5.75. The number of rotatable bonds is 5. The summed E-state index contributed by atoms with van der Waals surface area (Å²) in [6.45, 7) is 1.19. The van der Waals surface area contributed by atoms with Gasteiger partial charge in [0.05, 0.1) is 15.4 Å². The monoisotopic (exact) mass is 473 g/mol. The number of thiophene rings is 1. The lowest BCUT2D eigenvalue weighted by Gasteiger charge is -2.30. The van der Waals surface area contributed by atoms with E-state index < -0.39 is 0 Å². The van der Waals surface area contributed by atoms with Gasteiger partial charge in [-0.2, -0.15) is 0 Å². The molecule has 0 spiro atoms. The van der Waals surface area contributed by atoms with E-state index in [2.05, 4.69) is 17.4 Å². The van der Waals surface area contributed by atoms with Crippen LogP contribution in [0.3, 0.4) is 0 Å². The Hall–Kier alpha value is -3.29. The first-order valence-electron chi connectivity index (χ1n) is 10.9. The second kappa shape index (κ2) is 9.68. The van der Waals surface area contributed by atoms with Crippen LogP contribution in [0.2, 0.25) is 0 Å². The Labute approximate surface area is 200 Å². The molecule has 1 aliphatic heterocycles. The van der Waals surface area contributed by atoms with E-state index in [-0.39, 0.29) is 17.7 Å². The molecule has 0 bridgehead atoms. The highest BCUT2D eigenvalue weighted by molar-refractivity contribution is 7.19. The SMILES string of the molecule is O=C(Nc1nc(-c2ccccc2)c(-c2ccccc2)s1)C1CCN(C(=O)c2cccs2)CC1. The number of likely N-dealkylation sites (tertiary alicyclic amines) is 1. The zero-order valence-electron chi connectivity index (χ0n) is 17.9. The number of benzene rings is 2. The Morgan fingerprint density at radius 1 is 0.879 bits per heavy atom. The van der Waals surface area contributed by atoms with Gasteiger partial charge in [-0.3, -0.25) is 9.59 Å². The van der Waals surface area contributed by atoms with Gasteiger partial charge in [-0.1, -0.05) is 78.1 Å². The van der Waals surface area contributed by atoms with Crippen molar-refractivity contribution in [2.75, 3.05) is 18.4 Å². The average Bonchev–Trinajstić information content (AvgIpc) is 3.55. The minimum Gasteiger partial charge on any atom is -0.338 e. The minimum atomic E-state index is -0.123. The van der Waals surface area contributed by atoms with Crippen molar-refractivity contribution in [3.8, 4) is 21.7 Å². The summed E-state index contributed by atoms with van der Waals surface area (Å²) in [5.41, 5.74) is 2.97. The van der Waals surface area contributed by atoms with E-state index in [9.17, 15) is 9.59 Å². The summed E-state index contributed by atoms with van der Waals surface area (Å²) in [5.74, 6) is -0.0865. The van der Waals surface area contributed by atoms with E-state index in [0.717, 1.165) is 26.6 Å².